The maximum absolute atomic E-state index is 11.0. The van der Waals surface area contributed by atoms with Gasteiger partial charge in [0, 0.05) is 21.2 Å². The molecule has 0 aliphatic carbocycles. The third-order valence-corrected chi connectivity index (χ3v) is 2.11. The lowest BCUT2D eigenvalue weighted by Crippen LogP contribution is -2.27. The van der Waals surface area contributed by atoms with Gasteiger partial charge in [-0.25, -0.2) is 8.93 Å². The molecule has 2 nitrogen and oxygen atoms in total. The molecule has 0 saturated carbocycles. The molecule has 0 spiro atoms. The van der Waals surface area contributed by atoms with Gasteiger partial charge in [0.25, 0.3) is 0 Å². The first-order chi connectivity index (χ1) is 3.98. The van der Waals surface area contributed by atoms with E-state index in [9.17, 15) is 4.21 Å². The summed E-state index contributed by atoms with van der Waals surface area (Å²) in [5.74, 6) is 3.43. The van der Waals surface area contributed by atoms with Crippen LogP contribution in [0.5, 0.6) is 0 Å². The largest absolute Gasteiger partial charge is 0.248 e. The molecule has 1 N–H and O–H groups in total. The van der Waals surface area contributed by atoms with E-state index in [1.165, 1.54) is 5.41 Å². The molecule has 0 aromatic carbocycles. The molecule has 0 bridgehead atoms. The predicted molar refractivity (Wildman–Crippen MR) is 43.7 cm³/mol. The highest BCUT2D eigenvalue weighted by molar-refractivity contribution is 8.01. The first-order valence-corrected chi connectivity index (χ1v) is 4.54. The van der Waals surface area contributed by atoms with Crippen LogP contribution >= 0.6 is 0 Å². The molecule has 0 aromatic rings. The van der Waals surface area contributed by atoms with Gasteiger partial charge in [-0.1, -0.05) is 6.58 Å². The molecule has 0 rings (SSSR count). The SMILES string of the molecule is C=CS(=C)(=O)NC(C)C. The third-order valence-electron chi connectivity index (χ3n) is 0.704. The van der Waals surface area contributed by atoms with E-state index in [-0.39, 0.29) is 6.04 Å². The van der Waals surface area contributed by atoms with E-state index in [1.807, 2.05) is 13.8 Å². The van der Waals surface area contributed by atoms with Crippen LogP contribution in [0.3, 0.4) is 0 Å². The maximum Gasteiger partial charge on any atom is 0.0460 e. The number of hydrogen-bond donors (Lipinski definition) is 1. The van der Waals surface area contributed by atoms with Crippen LogP contribution in [0.2, 0.25) is 0 Å². The van der Waals surface area contributed by atoms with Crippen LogP contribution in [0.25, 0.3) is 0 Å². The highest BCUT2D eigenvalue weighted by atomic mass is 32.2. The Labute approximate surface area is 57.1 Å². The zero-order valence-electron chi connectivity index (χ0n) is 5.89. The molecule has 3 heteroatoms. The molecule has 0 aliphatic heterocycles. The average Bonchev–Trinajstić information content (AvgIpc) is 1.63. The standard InChI is InChI=1S/C6H13NOS/c1-5-9(4,8)7-6(2)3/h5-6H,1,4H2,2-3H3,(H,7,8). The van der Waals surface area contributed by atoms with Crippen molar-refractivity contribution in [1.29, 1.82) is 0 Å². The lowest BCUT2D eigenvalue weighted by atomic mass is 10.4. The molecule has 0 saturated heterocycles. The fraction of sp³-hybridized carbons (Fsp3) is 0.500. The fourth-order valence-corrected chi connectivity index (χ4v) is 1.34. The van der Waals surface area contributed by atoms with Gasteiger partial charge < -0.3 is 0 Å². The van der Waals surface area contributed by atoms with E-state index in [2.05, 4.69) is 17.2 Å². The summed E-state index contributed by atoms with van der Waals surface area (Å²) in [6, 6.07) is 0.188. The van der Waals surface area contributed by atoms with Gasteiger partial charge in [0.1, 0.15) is 0 Å². The fourth-order valence-electron chi connectivity index (χ4n) is 0.447. The molecular weight excluding hydrogens is 134 g/mol. The van der Waals surface area contributed by atoms with Crippen molar-refractivity contribution in [2.24, 2.45) is 0 Å². The van der Waals surface area contributed by atoms with Crippen LogP contribution in [0.15, 0.2) is 12.0 Å². The molecule has 0 amide bonds. The molecule has 0 heterocycles. The Morgan fingerprint density at radius 1 is 1.67 bits per heavy atom. The molecule has 0 radical (unpaired) electrons. The van der Waals surface area contributed by atoms with Gasteiger partial charge >= 0.3 is 0 Å². The Morgan fingerprint density at radius 3 is 2.22 bits per heavy atom. The Hall–Kier alpha value is -0.280. The van der Waals surface area contributed by atoms with Gasteiger partial charge in [0.2, 0.25) is 0 Å². The number of hydrogen-bond acceptors (Lipinski definition) is 1. The molecule has 0 aromatic heterocycles. The molecule has 1 atom stereocenters. The second kappa shape index (κ2) is 3.03. The van der Waals surface area contributed by atoms with Crippen LogP contribution in [0, 0.1) is 0 Å². The van der Waals surface area contributed by atoms with Gasteiger partial charge in [-0.05, 0) is 19.7 Å². The Kier molecular flexibility index (Phi) is 2.94. The summed E-state index contributed by atoms with van der Waals surface area (Å²) in [6.07, 6.45) is 0. The summed E-state index contributed by atoms with van der Waals surface area (Å²) in [7, 11) is -2.20. The van der Waals surface area contributed by atoms with Crippen LogP contribution in [0.4, 0.5) is 0 Å². The smallest absolute Gasteiger partial charge is 0.0460 e. The quantitative estimate of drug-likeness (QED) is 0.587. The summed E-state index contributed by atoms with van der Waals surface area (Å²) in [5, 5.41) is 1.34. The van der Waals surface area contributed by atoms with E-state index < -0.39 is 9.71 Å². The Morgan fingerprint density at radius 2 is 2.11 bits per heavy atom. The molecular formula is C6H13NOS. The maximum atomic E-state index is 11.0. The van der Waals surface area contributed by atoms with Crippen molar-refractivity contribution < 1.29 is 4.21 Å². The van der Waals surface area contributed by atoms with Gasteiger partial charge in [-0.3, -0.25) is 0 Å². The molecule has 0 aliphatic rings. The third kappa shape index (κ3) is 4.24. The van der Waals surface area contributed by atoms with Crippen LogP contribution in [-0.2, 0) is 9.71 Å². The van der Waals surface area contributed by atoms with E-state index in [4.69, 9.17) is 0 Å². The van der Waals surface area contributed by atoms with Crippen molar-refractivity contribution in [3.63, 3.8) is 0 Å². The Bertz CT molecular complexity index is 179. The molecule has 54 valence electrons. The monoisotopic (exact) mass is 147 g/mol. The van der Waals surface area contributed by atoms with Crippen molar-refractivity contribution in [3.05, 3.63) is 12.0 Å². The average molecular weight is 147 g/mol. The second-order valence-corrected chi connectivity index (χ2v) is 4.19. The van der Waals surface area contributed by atoms with Crippen LogP contribution < -0.4 is 4.72 Å². The van der Waals surface area contributed by atoms with Crippen molar-refractivity contribution in [2.45, 2.75) is 19.9 Å². The molecule has 0 fully saturated rings. The van der Waals surface area contributed by atoms with Gasteiger partial charge in [-0.15, -0.1) is 0 Å². The lowest BCUT2D eigenvalue weighted by Gasteiger charge is -2.08. The summed E-state index contributed by atoms with van der Waals surface area (Å²) in [6.45, 7) is 7.21. The first kappa shape index (κ1) is 8.72. The van der Waals surface area contributed by atoms with E-state index >= 15 is 0 Å². The Balaban J connectivity index is 4.05. The van der Waals surface area contributed by atoms with E-state index in [1.54, 1.807) is 0 Å². The van der Waals surface area contributed by atoms with Crippen molar-refractivity contribution in [3.8, 4) is 0 Å². The van der Waals surface area contributed by atoms with Gasteiger partial charge in [0.05, 0.1) is 0 Å². The van der Waals surface area contributed by atoms with Gasteiger partial charge in [0.15, 0.2) is 0 Å². The predicted octanol–water partition coefficient (Wildman–Crippen LogP) is 0.759. The molecule has 9 heavy (non-hydrogen) atoms. The second-order valence-electron chi connectivity index (χ2n) is 2.17. The number of nitrogens with one attached hydrogen (secondary N) is 1. The minimum atomic E-state index is -2.20. The highest BCUT2D eigenvalue weighted by Gasteiger charge is 1.97. The van der Waals surface area contributed by atoms with E-state index in [0.29, 0.717) is 0 Å². The number of rotatable bonds is 3. The van der Waals surface area contributed by atoms with Crippen LogP contribution in [-0.4, -0.2) is 16.1 Å². The summed E-state index contributed by atoms with van der Waals surface area (Å²) in [5.41, 5.74) is 0. The summed E-state index contributed by atoms with van der Waals surface area (Å²) >= 11 is 0. The topological polar surface area (TPSA) is 29.1 Å². The highest BCUT2D eigenvalue weighted by Crippen LogP contribution is 1.86. The van der Waals surface area contributed by atoms with Gasteiger partial charge in [-0.2, -0.15) is 0 Å². The summed E-state index contributed by atoms with van der Waals surface area (Å²) < 4.78 is 13.8. The molecule has 1 unspecified atom stereocenters. The van der Waals surface area contributed by atoms with Crippen molar-refractivity contribution in [2.75, 3.05) is 0 Å². The zero-order valence-corrected chi connectivity index (χ0v) is 6.70. The minimum absolute atomic E-state index is 0.188. The first-order valence-electron chi connectivity index (χ1n) is 2.75. The summed E-state index contributed by atoms with van der Waals surface area (Å²) in [4.78, 5) is 0. The minimum Gasteiger partial charge on any atom is -0.248 e. The lowest BCUT2D eigenvalue weighted by molar-refractivity contribution is 0.660. The van der Waals surface area contributed by atoms with E-state index in [0.717, 1.165) is 0 Å². The van der Waals surface area contributed by atoms with Crippen molar-refractivity contribution >= 4 is 15.6 Å². The zero-order chi connectivity index (χ0) is 7.49. The normalized spacial score (nSPS) is 17.2. The van der Waals surface area contributed by atoms with Crippen molar-refractivity contribution in [1.82, 2.24) is 4.72 Å². The van der Waals surface area contributed by atoms with Crippen LogP contribution in [0.1, 0.15) is 13.8 Å².